The van der Waals surface area contributed by atoms with Gasteiger partial charge < -0.3 is 19.5 Å². The molecule has 2 amide bonds. The zero-order valence-corrected chi connectivity index (χ0v) is 18.6. The van der Waals surface area contributed by atoms with E-state index in [-0.39, 0.29) is 29.6 Å². The van der Waals surface area contributed by atoms with E-state index in [1.807, 2.05) is 28.8 Å². The molecule has 2 heterocycles. The molecule has 1 N–H and O–H groups in total. The third kappa shape index (κ3) is 4.71. The Kier molecular flexibility index (Phi) is 6.93. The highest BCUT2D eigenvalue weighted by Gasteiger charge is 2.26. The number of hydrogen-bond donors (Lipinski definition) is 1. The van der Waals surface area contributed by atoms with Crippen LogP contribution in [0.3, 0.4) is 0 Å². The summed E-state index contributed by atoms with van der Waals surface area (Å²) < 4.78 is 7.26. The van der Waals surface area contributed by atoms with Crippen molar-refractivity contribution in [3.05, 3.63) is 63.6 Å². The number of methoxy groups -OCH3 is 1. The van der Waals surface area contributed by atoms with Crippen LogP contribution in [-0.2, 0) is 6.54 Å². The van der Waals surface area contributed by atoms with Crippen LogP contribution in [0.2, 0.25) is 0 Å². The maximum atomic E-state index is 13.2. The van der Waals surface area contributed by atoms with Gasteiger partial charge in [0.25, 0.3) is 11.8 Å². The van der Waals surface area contributed by atoms with Crippen LogP contribution in [0.5, 0.6) is 5.75 Å². The highest BCUT2D eigenvalue weighted by atomic mass is 16.5. The SMILES string of the molecule is COc1ccccc1CNC(=O)c1cn(C2CCCC2)cc(C(=O)N2CCCCC2)c1=O. The summed E-state index contributed by atoms with van der Waals surface area (Å²) in [6.07, 6.45) is 10.5. The van der Waals surface area contributed by atoms with Crippen molar-refractivity contribution in [1.29, 1.82) is 0 Å². The van der Waals surface area contributed by atoms with Crippen molar-refractivity contribution >= 4 is 11.8 Å². The lowest BCUT2D eigenvalue weighted by Gasteiger charge is -2.27. The van der Waals surface area contributed by atoms with Gasteiger partial charge in [0.15, 0.2) is 0 Å². The summed E-state index contributed by atoms with van der Waals surface area (Å²) in [4.78, 5) is 41.3. The van der Waals surface area contributed by atoms with E-state index >= 15 is 0 Å². The Bertz CT molecular complexity index is 1030. The van der Waals surface area contributed by atoms with E-state index < -0.39 is 11.3 Å². The number of amides is 2. The molecular weight excluding hydrogens is 406 g/mol. The van der Waals surface area contributed by atoms with Crippen LogP contribution in [0.25, 0.3) is 0 Å². The Hall–Kier alpha value is -3.09. The number of likely N-dealkylation sites (tertiary alicyclic amines) is 1. The molecule has 2 aromatic rings. The highest BCUT2D eigenvalue weighted by Crippen LogP contribution is 2.29. The normalized spacial score (nSPS) is 16.7. The number of ether oxygens (including phenoxy) is 1. The molecule has 0 radical (unpaired) electrons. The monoisotopic (exact) mass is 437 g/mol. The van der Waals surface area contributed by atoms with Crippen LogP contribution in [0.4, 0.5) is 0 Å². The van der Waals surface area contributed by atoms with Crippen molar-refractivity contribution in [1.82, 2.24) is 14.8 Å². The first-order valence-electron chi connectivity index (χ1n) is 11.5. The van der Waals surface area contributed by atoms with Gasteiger partial charge in [-0.1, -0.05) is 31.0 Å². The van der Waals surface area contributed by atoms with E-state index in [0.29, 0.717) is 18.8 Å². The second-order valence-electron chi connectivity index (χ2n) is 8.65. The molecule has 1 saturated carbocycles. The molecule has 0 bridgehead atoms. The fourth-order valence-corrected chi connectivity index (χ4v) is 4.71. The highest BCUT2D eigenvalue weighted by molar-refractivity contribution is 5.99. The largest absolute Gasteiger partial charge is 0.496 e. The topological polar surface area (TPSA) is 80.6 Å². The zero-order valence-electron chi connectivity index (χ0n) is 18.6. The average molecular weight is 438 g/mol. The first-order chi connectivity index (χ1) is 15.6. The predicted octanol–water partition coefficient (Wildman–Crippen LogP) is 3.53. The first-order valence-corrected chi connectivity index (χ1v) is 11.5. The summed E-state index contributed by atoms with van der Waals surface area (Å²) in [6, 6.07) is 7.64. The van der Waals surface area contributed by atoms with Crippen molar-refractivity contribution < 1.29 is 14.3 Å². The van der Waals surface area contributed by atoms with E-state index in [9.17, 15) is 14.4 Å². The van der Waals surface area contributed by atoms with Crippen LogP contribution in [-0.4, -0.2) is 41.5 Å². The van der Waals surface area contributed by atoms with Crippen molar-refractivity contribution in [2.24, 2.45) is 0 Å². The fourth-order valence-electron chi connectivity index (χ4n) is 4.71. The number of aromatic nitrogens is 1. The molecule has 0 unspecified atom stereocenters. The van der Waals surface area contributed by atoms with Gasteiger partial charge in [-0.15, -0.1) is 0 Å². The minimum atomic E-state index is -0.493. The zero-order chi connectivity index (χ0) is 22.5. The van der Waals surface area contributed by atoms with Crippen LogP contribution in [0.15, 0.2) is 41.5 Å². The summed E-state index contributed by atoms with van der Waals surface area (Å²) in [7, 11) is 1.58. The molecule has 0 atom stereocenters. The molecule has 4 rings (SSSR count). The van der Waals surface area contributed by atoms with Gasteiger partial charge >= 0.3 is 0 Å². The van der Waals surface area contributed by atoms with Gasteiger partial charge in [-0.3, -0.25) is 14.4 Å². The lowest BCUT2D eigenvalue weighted by molar-refractivity contribution is 0.0722. The minimum absolute atomic E-state index is 0.0228. The summed E-state index contributed by atoms with van der Waals surface area (Å²) in [5.74, 6) is -0.0630. The molecule has 1 saturated heterocycles. The Morgan fingerprint density at radius 1 is 1.00 bits per heavy atom. The Labute approximate surface area is 188 Å². The molecule has 1 aromatic carbocycles. The summed E-state index contributed by atoms with van der Waals surface area (Å²) in [5, 5.41) is 2.84. The number of carbonyl (C=O) groups excluding carboxylic acids is 2. The summed E-state index contributed by atoms with van der Waals surface area (Å²) in [5.41, 5.74) is 0.450. The van der Waals surface area contributed by atoms with Crippen molar-refractivity contribution in [3.63, 3.8) is 0 Å². The predicted molar refractivity (Wildman–Crippen MR) is 122 cm³/mol. The molecule has 32 heavy (non-hydrogen) atoms. The van der Waals surface area contributed by atoms with Crippen molar-refractivity contribution in [3.8, 4) is 5.75 Å². The standard InChI is InChI=1S/C25H31N3O4/c1-32-22-12-6-3-9-18(22)15-26-24(30)20-16-28(19-10-4-5-11-19)17-21(23(20)29)25(31)27-13-7-2-8-14-27/h3,6,9,12,16-17,19H,2,4-5,7-8,10-11,13-15H2,1H3,(H,26,30). The van der Waals surface area contributed by atoms with Gasteiger partial charge in [-0.2, -0.15) is 0 Å². The van der Waals surface area contributed by atoms with Gasteiger partial charge in [0, 0.05) is 43.6 Å². The quantitative estimate of drug-likeness (QED) is 0.750. The van der Waals surface area contributed by atoms with E-state index in [1.165, 1.54) is 0 Å². The number of para-hydroxylation sites is 1. The van der Waals surface area contributed by atoms with Crippen molar-refractivity contribution in [2.45, 2.75) is 57.5 Å². The maximum absolute atomic E-state index is 13.2. The molecule has 2 aliphatic rings. The number of rotatable bonds is 6. The molecule has 170 valence electrons. The third-order valence-electron chi connectivity index (χ3n) is 6.54. The Morgan fingerprint density at radius 2 is 1.69 bits per heavy atom. The number of carbonyl (C=O) groups is 2. The van der Waals surface area contributed by atoms with Gasteiger partial charge in [-0.25, -0.2) is 0 Å². The first kappa shape index (κ1) is 22.1. The Morgan fingerprint density at radius 3 is 2.41 bits per heavy atom. The third-order valence-corrected chi connectivity index (χ3v) is 6.54. The van der Waals surface area contributed by atoms with E-state index in [0.717, 1.165) is 50.5 Å². The second kappa shape index (κ2) is 10.0. The van der Waals surface area contributed by atoms with Crippen LogP contribution in [0, 0.1) is 0 Å². The number of nitrogens with zero attached hydrogens (tertiary/aromatic N) is 2. The van der Waals surface area contributed by atoms with Gasteiger partial charge in [-0.05, 0) is 38.2 Å². The minimum Gasteiger partial charge on any atom is -0.496 e. The van der Waals surface area contributed by atoms with Crippen molar-refractivity contribution in [2.75, 3.05) is 20.2 Å². The molecule has 1 aliphatic heterocycles. The Balaban J connectivity index is 1.63. The molecule has 1 aromatic heterocycles. The fraction of sp³-hybridized carbons (Fsp3) is 0.480. The average Bonchev–Trinajstić information content (AvgIpc) is 3.38. The number of benzene rings is 1. The lowest BCUT2D eigenvalue weighted by Crippen LogP contribution is -2.40. The molecule has 7 heteroatoms. The van der Waals surface area contributed by atoms with Crippen LogP contribution < -0.4 is 15.5 Å². The molecule has 7 nitrogen and oxygen atoms in total. The summed E-state index contributed by atoms with van der Waals surface area (Å²) in [6.45, 7) is 1.55. The molecular formula is C25H31N3O4. The number of piperidine rings is 1. The number of nitrogens with one attached hydrogen (secondary N) is 1. The second-order valence-corrected chi connectivity index (χ2v) is 8.65. The number of pyridine rings is 1. The smallest absolute Gasteiger partial charge is 0.259 e. The van der Waals surface area contributed by atoms with Gasteiger partial charge in [0.05, 0.1) is 7.11 Å². The van der Waals surface area contributed by atoms with Crippen LogP contribution in [0.1, 0.15) is 77.3 Å². The van der Waals surface area contributed by atoms with E-state index in [1.54, 1.807) is 24.4 Å². The van der Waals surface area contributed by atoms with Gasteiger partial charge in [0.2, 0.25) is 5.43 Å². The lowest BCUT2D eigenvalue weighted by atomic mass is 10.1. The molecule has 1 aliphatic carbocycles. The summed E-state index contributed by atoms with van der Waals surface area (Å²) >= 11 is 0. The molecule has 0 spiro atoms. The number of hydrogen-bond acceptors (Lipinski definition) is 4. The maximum Gasteiger partial charge on any atom is 0.259 e. The van der Waals surface area contributed by atoms with E-state index in [4.69, 9.17) is 4.74 Å². The van der Waals surface area contributed by atoms with Gasteiger partial charge in [0.1, 0.15) is 16.9 Å². The van der Waals surface area contributed by atoms with E-state index in [2.05, 4.69) is 5.32 Å². The molecule has 2 fully saturated rings. The van der Waals surface area contributed by atoms with Crippen LogP contribution >= 0.6 is 0 Å².